The molecule has 83 heavy (non-hydrogen) atoms. The SMILES string of the molecule is Cc1cc(-c2nc(-c3ccc(-n4c5ccccc5c5ccccc54)cc3)cc(-c3cc(-n4c5ccccc5c5ccccc54)cc(-n4c5ccccc5c5ccccc54)c3)n2)cc([Si](c2ccccc2)(c2ccccc2)c2ccccc2)c1. The average Bonchev–Trinajstić information content (AvgIpc) is 3.39. The number of para-hydroxylation sites is 6. The van der Waals surface area contributed by atoms with E-state index in [0.29, 0.717) is 5.82 Å². The number of rotatable bonds is 10. The van der Waals surface area contributed by atoms with Crippen molar-refractivity contribution in [3.05, 3.63) is 309 Å². The molecule has 0 aliphatic heterocycles. The van der Waals surface area contributed by atoms with Crippen LogP contribution in [-0.2, 0) is 0 Å². The minimum Gasteiger partial charge on any atom is -0.309 e. The fourth-order valence-corrected chi connectivity index (χ4v) is 18.3. The van der Waals surface area contributed by atoms with E-state index in [2.05, 4.69) is 324 Å². The molecule has 16 aromatic rings. The van der Waals surface area contributed by atoms with Gasteiger partial charge in [-0.3, -0.25) is 0 Å². The van der Waals surface area contributed by atoms with Gasteiger partial charge in [0.1, 0.15) is 0 Å². The lowest BCUT2D eigenvalue weighted by Crippen LogP contribution is -2.74. The average molecular weight is 1080 g/mol. The molecule has 4 heterocycles. The van der Waals surface area contributed by atoms with E-state index in [1.165, 1.54) is 64.1 Å². The molecule has 0 atom stereocenters. The van der Waals surface area contributed by atoms with Crippen LogP contribution in [0.3, 0.4) is 0 Å². The maximum absolute atomic E-state index is 5.78. The number of hydrogen-bond acceptors (Lipinski definition) is 2. The van der Waals surface area contributed by atoms with E-state index in [1.807, 2.05) is 0 Å². The van der Waals surface area contributed by atoms with Gasteiger partial charge in [0.05, 0.1) is 44.5 Å². The number of hydrogen-bond donors (Lipinski definition) is 0. The Bertz CT molecular complexity index is 4770. The molecule has 0 fully saturated rings. The lowest BCUT2D eigenvalue weighted by Gasteiger charge is -2.35. The Morgan fingerprint density at radius 1 is 0.253 bits per heavy atom. The third kappa shape index (κ3) is 7.83. The zero-order chi connectivity index (χ0) is 55.0. The number of fused-ring (bicyclic) bond motifs is 9. The van der Waals surface area contributed by atoms with Gasteiger partial charge in [-0.2, -0.15) is 0 Å². The van der Waals surface area contributed by atoms with Crippen LogP contribution in [0.4, 0.5) is 0 Å². The molecule has 0 spiro atoms. The van der Waals surface area contributed by atoms with Crippen molar-refractivity contribution in [2.75, 3.05) is 0 Å². The summed E-state index contributed by atoms with van der Waals surface area (Å²) in [4.78, 5) is 11.5. The largest absolute Gasteiger partial charge is 0.309 e. The van der Waals surface area contributed by atoms with Crippen molar-refractivity contribution >= 4 is 94.2 Å². The molecule has 0 bridgehead atoms. The van der Waals surface area contributed by atoms with Crippen LogP contribution in [0.2, 0.25) is 0 Å². The Kier molecular flexibility index (Phi) is 11.4. The number of nitrogens with zero attached hydrogens (tertiary/aromatic N) is 5. The first-order valence-corrected chi connectivity index (χ1v) is 30.5. The van der Waals surface area contributed by atoms with Gasteiger partial charge < -0.3 is 13.7 Å². The molecule has 4 aromatic heterocycles. The van der Waals surface area contributed by atoms with E-state index in [9.17, 15) is 0 Å². The lowest BCUT2D eigenvalue weighted by atomic mass is 10.0. The molecule has 0 unspecified atom stereocenters. The zero-order valence-electron chi connectivity index (χ0n) is 45.6. The third-order valence-electron chi connectivity index (χ3n) is 17.0. The molecule has 12 aromatic carbocycles. The minimum absolute atomic E-state index is 0.659. The van der Waals surface area contributed by atoms with Crippen molar-refractivity contribution in [1.29, 1.82) is 0 Å². The van der Waals surface area contributed by atoms with Crippen molar-refractivity contribution in [2.24, 2.45) is 0 Å². The Hall–Kier alpha value is -10.7. The van der Waals surface area contributed by atoms with E-state index in [0.717, 1.165) is 72.8 Å². The Labute approximate surface area is 481 Å². The molecule has 390 valence electrons. The van der Waals surface area contributed by atoms with Crippen LogP contribution in [0.5, 0.6) is 0 Å². The standard InChI is InChI=1S/C77H53N5Si/c1-52-45-55(49-62(46-52)83(59-23-5-2-6-24-59,60-25-7-3-8-26-60)61-27-9-4-10-28-61)77-78-69(53-41-43-56(44-42-53)80-71-35-17-11-29-63(71)64-30-12-18-36-72(64)80)51-70(79-77)54-47-57(81-73-37-19-13-31-65(73)66-32-14-20-38-74(66)81)50-58(48-54)82-75-39-21-15-33-67(75)68-34-16-22-40-76(68)82/h2-51H,1H3. The van der Waals surface area contributed by atoms with Crippen LogP contribution >= 0.6 is 0 Å². The maximum Gasteiger partial charge on any atom is 0.179 e. The summed E-state index contributed by atoms with van der Waals surface area (Å²) in [5.41, 5.74) is 15.8. The fourth-order valence-electron chi connectivity index (χ4n) is 13.4. The first-order valence-electron chi connectivity index (χ1n) is 28.5. The molecular formula is C77H53N5Si. The highest BCUT2D eigenvalue weighted by Crippen LogP contribution is 2.39. The topological polar surface area (TPSA) is 40.6 Å². The van der Waals surface area contributed by atoms with Gasteiger partial charge in [-0.25, -0.2) is 9.97 Å². The smallest absolute Gasteiger partial charge is 0.179 e. The van der Waals surface area contributed by atoms with Gasteiger partial charge in [0.25, 0.3) is 0 Å². The van der Waals surface area contributed by atoms with Gasteiger partial charge in [0, 0.05) is 66.1 Å². The molecule has 6 heteroatoms. The summed E-state index contributed by atoms with van der Waals surface area (Å²) in [5.74, 6) is 0.659. The molecule has 0 amide bonds. The van der Waals surface area contributed by atoms with Crippen molar-refractivity contribution in [1.82, 2.24) is 23.7 Å². The van der Waals surface area contributed by atoms with Gasteiger partial charge in [0.15, 0.2) is 13.9 Å². The van der Waals surface area contributed by atoms with Crippen LogP contribution < -0.4 is 20.7 Å². The molecule has 0 saturated heterocycles. The quantitative estimate of drug-likeness (QED) is 0.101. The van der Waals surface area contributed by atoms with Gasteiger partial charge in [-0.15, -0.1) is 0 Å². The summed E-state index contributed by atoms with van der Waals surface area (Å²) in [7, 11) is -2.95. The summed E-state index contributed by atoms with van der Waals surface area (Å²) in [5, 5.41) is 12.5. The van der Waals surface area contributed by atoms with E-state index in [4.69, 9.17) is 9.97 Å². The summed E-state index contributed by atoms with van der Waals surface area (Å²) in [6.07, 6.45) is 0. The van der Waals surface area contributed by atoms with E-state index < -0.39 is 8.07 Å². The maximum atomic E-state index is 5.78. The highest BCUT2D eigenvalue weighted by atomic mass is 28.3. The monoisotopic (exact) mass is 1080 g/mol. The summed E-state index contributed by atoms with van der Waals surface area (Å²) in [6.45, 7) is 2.22. The van der Waals surface area contributed by atoms with Crippen LogP contribution in [0.25, 0.3) is 116 Å². The van der Waals surface area contributed by atoms with Crippen LogP contribution in [0, 0.1) is 6.92 Å². The van der Waals surface area contributed by atoms with Gasteiger partial charge in [0.2, 0.25) is 0 Å². The Balaban J connectivity index is 0.965. The van der Waals surface area contributed by atoms with Gasteiger partial charge in [-0.05, 0) is 107 Å². The first kappa shape index (κ1) is 48.3. The molecule has 0 N–H and O–H groups in total. The van der Waals surface area contributed by atoms with E-state index in [1.54, 1.807) is 0 Å². The minimum atomic E-state index is -2.95. The van der Waals surface area contributed by atoms with Gasteiger partial charge in [-0.1, -0.05) is 230 Å². The number of aromatic nitrogens is 5. The van der Waals surface area contributed by atoms with E-state index >= 15 is 0 Å². The summed E-state index contributed by atoms with van der Waals surface area (Å²) >= 11 is 0. The summed E-state index contributed by atoms with van der Waals surface area (Å²) < 4.78 is 7.23. The number of benzene rings is 12. The van der Waals surface area contributed by atoms with Crippen molar-refractivity contribution in [3.8, 4) is 51.0 Å². The van der Waals surface area contributed by atoms with Crippen molar-refractivity contribution < 1.29 is 0 Å². The molecule has 5 nitrogen and oxygen atoms in total. The van der Waals surface area contributed by atoms with Crippen molar-refractivity contribution in [3.63, 3.8) is 0 Å². The molecule has 0 saturated carbocycles. The second-order valence-corrected chi connectivity index (χ2v) is 25.6. The second kappa shape index (κ2) is 19.6. The molecule has 0 aliphatic rings. The summed E-state index contributed by atoms with van der Waals surface area (Å²) in [6, 6.07) is 111. The predicted molar refractivity (Wildman–Crippen MR) is 350 cm³/mol. The zero-order valence-corrected chi connectivity index (χ0v) is 46.6. The predicted octanol–water partition coefficient (Wildman–Crippen LogP) is 16.5. The Morgan fingerprint density at radius 2 is 0.590 bits per heavy atom. The van der Waals surface area contributed by atoms with Gasteiger partial charge >= 0.3 is 0 Å². The fraction of sp³-hybridized carbons (Fsp3) is 0.0130. The molecule has 16 rings (SSSR count). The lowest BCUT2D eigenvalue weighted by molar-refractivity contribution is 1.13. The van der Waals surface area contributed by atoms with Crippen molar-refractivity contribution in [2.45, 2.75) is 6.92 Å². The molecular weight excluding hydrogens is 1020 g/mol. The second-order valence-electron chi connectivity index (χ2n) is 21.8. The number of aryl methyl sites for hydroxylation is 1. The highest BCUT2D eigenvalue weighted by molar-refractivity contribution is 7.20. The normalized spacial score (nSPS) is 11.9. The van der Waals surface area contributed by atoms with Crippen LogP contribution in [0.1, 0.15) is 5.56 Å². The molecule has 0 radical (unpaired) electrons. The first-order chi connectivity index (χ1) is 41.1. The molecule has 0 aliphatic carbocycles. The highest BCUT2D eigenvalue weighted by Gasteiger charge is 2.42. The van der Waals surface area contributed by atoms with E-state index in [-0.39, 0.29) is 0 Å². The van der Waals surface area contributed by atoms with Crippen LogP contribution in [-0.4, -0.2) is 31.7 Å². The Morgan fingerprint density at radius 3 is 0.976 bits per heavy atom. The third-order valence-corrected chi connectivity index (χ3v) is 21.7. The van der Waals surface area contributed by atoms with Crippen LogP contribution in [0.15, 0.2) is 303 Å².